The monoisotopic (exact) mass is 306 g/mol. The molecule has 6 heteroatoms. The van der Waals surface area contributed by atoms with E-state index in [9.17, 15) is 9.59 Å². The second kappa shape index (κ2) is 5.50. The molecular weight excluding hydrogens is 292 g/mol. The fourth-order valence-electron chi connectivity index (χ4n) is 2.77. The number of rotatable bonds is 3. The van der Waals surface area contributed by atoms with Crippen LogP contribution in [-0.2, 0) is 9.53 Å². The summed E-state index contributed by atoms with van der Waals surface area (Å²) in [5, 5.41) is 3.26. The molecule has 3 rings (SSSR count). The van der Waals surface area contributed by atoms with Crippen molar-refractivity contribution in [3.8, 4) is 0 Å². The molecule has 2 amide bonds. The highest BCUT2D eigenvalue weighted by molar-refractivity contribution is 6.31. The molecule has 2 atom stereocenters. The summed E-state index contributed by atoms with van der Waals surface area (Å²) in [6.45, 7) is 4.42. The van der Waals surface area contributed by atoms with Crippen LogP contribution in [0.1, 0.15) is 16.8 Å². The third-order valence-corrected chi connectivity index (χ3v) is 3.98. The Hall–Kier alpha value is -1.85. The number of carbonyl (C=O) groups excluding carboxylic acids is 2. The van der Waals surface area contributed by atoms with Gasteiger partial charge in [0, 0.05) is 18.0 Å². The van der Waals surface area contributed by atoms with Crippen molar-refractivity contribution in [1.29, 1.82) is 0 Å². The van der Waals surface area contributed by atoms with E-state index in [4.69, 9.17) is 16.3 Å². The van der Waals surface area contributed by atoms with Gasteiger partial charge in [-0.25, -0.2) is 0 Å². The van der Waals surface area contributed by atoms with Crippen LogP contribution < -0.4 is 5.32 Å². The summed E-state index contributed by atoms with van der Waals surface area (Å²) >= 11 is 5.92. The lowest BCUT2D eigenvalue weighted by Crippen LogP contribution is -2.40. The predicted molar refractivity (Wildman–Crippen MR) is 79.5 cm³/mol. The second-order valence-electron chi connectivity index (χ2n) is 5.13. The van der Waals surface area contributed by atoms with Crippen molar-refractivity contribution in [2.24, 2.45) is 0 Å². The highest BCUT2D eigenvalue weighted by Gasteiger charge is 2.43. The lowest BCUT2D eigenvalue weighted by molar-refractivity contribution is -0.119. The number of amides is 2. The third kappa shape index (κ3) is 2.54. The Morgan fingerprint density at radius 2 is 2.29 bits per heavy atom. The van der Waals surface area contributed by atoms with Gasteiger partial charge in [0.1, 0.15) is 6.04 Å². The number of benzene rings is 1. The maximum absolute atomic E-state index is 12.6. The van der Waals surface area contributed by atoms with E-state index < -0.39 is 6.04 Å². The van der Waals surface area contributed by atoms with Crippen molar-refractivity contribution < 1.29 is 14.3 Å². The molecular formula is C15H15ClN2O3. The van der Waals surface area contributed by atoms with Crippen LogP contribution in [-0.4, -0.2) is 42.0 Å². The Kier molecular flexibility index (Phi) is 3.69. The third-order valence-electron chi connectivity index (χ3n) is 3.75. The normalized spacial score (nSPS) is 24.1. The fourth-order valence-corrected chi connectivity index (χ4v) is 2.94. The van der Waals surface area contributed by atoms with Crippen molar-refractivity contribution in [3.63, 3.8) is 0 Å². The minimum Gasteiger partial charge on any atom is -0.372 e. The number of fused-ring (bicyclic) bond motifs is 2. The van der Waals surface area contributed by atoms with Crippen molar-refractivity contribution >= 4 is 29.1 Å². The number of carbonyl (C=O) groups is 2. The van der Waals surface area contributed by atoms with Crippen molar-refractivity contribution in [3.05, 3.63) is 41.4 Å². The van der Waals surface area contributed by atoms with E-state index in [-0.39, 0.29) is 17.9 Å². The first kappa shape index (κ1) is 14.1. The van der Waals surface area contributed by atoms with Gasteiger partial charge in [-0.15, -0.1) is 6.58 Å². The van der Waals surface area contributed by atoms with Crippen LogP contribution in [0, 0.1) is 0 Å². The molecule has 1 N–H and O–H groups in total. The van der Waals surface area contributed by atoms with Gasteiger partial charge in [0.05, 0.1) is 24.0 Å². The quantitative estimate of drug-likeness (QED) is 0.870. The van der Waals surface area contributed by atoms with E-state index in [1.165, 1.54) is 0 Å². The fraction of sp³-hybridized carbons (Fsp3) is 0.333. The zero-order valence-corrected chi connectivity index (χ0v) is 12.1. The molecule has 0 radical (unpaired) electrons. The summed E-state index contributed by atoms with van der Waals surface area (Å²) in [5.41, 5.74) is 0.926. The Morgan fingerprint density at radius 3 is 3.05 bits per heavy atom. The SMILES string of the molecule is C=CCOC1CC2C(=O)Nc3cc(Cl)ccc3C(=O)N2C1. The Labute approximate surface area is 127 Å². The first-order chi connectivity index (χ1) is 10.1. The van der Waals surface area contributed by atoms with Crippen LogP contribution in [0.5, 0.6) is 0 Å². The molecule has 1 aromatic rings. The maximum atomic E-state index is 12.6. The van der Waals surface area contributed by atoms with Gasteiger partial charge < -0.3 is 15.0 Å². The molecule has 110 valence electrons. The number of anilines is 1. The maximum Gasteiger partial charge on any atom is 0.256 e. The van der Waals surface area contributed by atoms with Crippen molar-refractivity contribution in [2.45, 2.75) is 18.6 Å². The Bertz CT molecular complexity index is 617. The standard InChI is InChI=1S/C15H15ClN2O3/c1-2-5-21-10-7-13-14(19)17-12-6-9(16)3-4-11(12)15(20)18(13)8-10/h2-4,6,10,13H,1,5,7-8H2,(H,17,19). The van der Waals surface area contributed by atoms with Crippen LogP contribution in [0.25, 0.3) is 0 Å². The summed E-state index contributed by atoms with van der Waals surface area (Å²) in [6.07, 6.45) is 2.01. The molecule has 1 aromatic carbocycles. The lowest BCUT2D eigenvalue weighted by Gasteiger charge is -2.19. The number of hydrogen-bond donors (Lipinski definition) is 1. The number of nitrogens with zero attached hydrogens (tertiary/aromatic N) is 1. The highest BCUT2D eigenvalue weighted by atomic mass is 35.5. The van der Waals surface area contributed by atoms with Crippen LogP contribution in [0.15, 0.2) is 30.9 Å². The molecule has 2 aliphatic heterocycles. The van der Waals surface area contributed by atoms with E-state index in [2.05, 4.69) is 11.9 Å². The average molecular weight is 307 g/mol. The molecule has 1 saturated heterocycles. The van der Waals surface area contributed by atoms with E-state index in [0.29, 0.717) is 35.8 Å². The highest BCUT2D eigenvalue weighted by Crippen LogP contribution is 2.31. The van der Waals surface area contributed by atoms with Gasteiger partial charge in [0.25, 0.3) is 5.91 Å². The van der Waals surface area contributed by atoms with Crippen molar-refractivity contribution in [2.75, 3.05) is 18.5 Å². The second-order valence-corrected chi connectivity index (χ2v) is 5.57. The first-order valence-electron chi connectivity index (χ1n) is 6.74. The zero-order chi connectivity index (χ0) is 15.0. The topological polar surface area (TPSA) is 58.6 Å². The molecule has 5 nitrogen and oxygen atoms in total. The number of hydrogen-bond acceptors (Lipinski definition) is 3. The molecule has 0 aliphatic carbocycles. The van der Waals surface area contributed by atoms with Crippen LogP contribution in [0.4, 0.5) is 5.69 Å². The van der Waals surface area contributed by atoms with E-state index in [0.717, 1.165) is 0 Å². The summed E-state index contributed by atoms with van der Waals surface area (Å²) in [5.74, 6) is -0.371. The van der Waals surface area contributed by atoms with Crippen LogP contribution in [0.2, 0.25) is 5.02 Å². The summed E-state index contributed by atoms with van der Waals surface area (Å²) in [4.78, 5) is 26.5. The Balaban J connectivity index is 1.90. The van der Waals surface area contributed by atoms with Crippen molar-refractivity contribution in [1.82, 2.24) is 4.90 Å². The van der Waals surface area contributed by atoms with Crippen LogP contribution >= 0.6 is 11.6 Å². The van der Waals surface area contributed by atoms with Gasteiger partial charge in [-0.1, -0.05) is 17.7 Å². The number of halogens is 1. The summed E-state index contributed by atoms with van der Waals surface area (Å²) in [6, 6.07) is 4.38. The minimum absolute atomic E-state index is 0.142. The van der Waals surface area contributed by atoms with Crippen LogP contribution in [0.3, 0.4) is 0 Å². The lowest BCUT2D eigenvalue weighted by atomic mass is 10.1. The van der Waals surface area contributed by atoms with E-state index in [1.807, 2.05) is 0 Å². The largest absolute Gasteiger partial charge is 0.372 e. The van der Waals surface area contributed by atoms with Gasteiger partial charge in [0.15, 0.2) is 0 Å². The van der Waals surface area contributed by atoms with Gasteiger partial charge in [-0.05, 0) is 18.2 Å². The molecule has 0 aromatic heterocycles. The van der Waals surface area contributed by atoms with Gasteiger partial charge in [0.2, 0.25) is 5.91 Å². The average Bonchev–Trinajstić information content (AvgIpc) is 2.85. The summed E-state index contributed by atoms with van der Waals surface area (Å²) in [7, 11) is 0. The van der Waals surface area contributed by atoms with E-state index in [1.54, 1.807) is 29.2 Å². The number of nitrogens with one attached hydrogen (secondary N) is 1. The molecule has 0 spiro atoms. The predicted octanol–water partition coefficient (Wildman–Crippen LogP) is 2.08. The molecule has 21 heavy (non-hydrogen) atoms. The zero-order valence-electron chi connectivity index (χ0n) is 11.3. The van der Waals surface area contributed by atoms with E-state index >= 15 is 0 Å². The molecule has 2 heterocycles. The van der Waals surface area contributed by atoms with Gasteiger partial charge in [-0.3, -0.25) is 9.59 Å². The smallest absolute Gasteiger partial charge is 0.256 e. The summed E-state index contributed by atoms with van der Waals surface area (Å²) < 4.78 is 5.58. The minimum atomic E-state index is -0.501. The Morgan fingerprint density at radius 1 is 1.48 bits per heavy atom. The molecule has 0 saturated carbocycles. The molecule has 1 fully saturated rings. The molecule has 2 aliphatic rings. The van der Waals surface area contributed by atoms with Gasteiger partial charge in [-0.2, -0.15) is 0 Å². The van der Waals surface area contributed by atoms with Gasteiger partial charge >= 0.3 is 0 Å². The number of ether oxygens (including phenoxy) is 1. The molecule has 2 unspecified atom stereocenters. The molecule has 0 bridgehead atoms. The first-order valence-corrected chi connectivity index (χ1v) is 7.12.